The van der Waals surface area contributed by atoms with Crippen LogP contribution in [0.5, 0.6) is 0 Å². The Morgan fingerprint density at radius 2 is 2.15 bits per heavy atom. The quantitative estimate of drug-likeness (QED) is 0.533. The molecule has 0 radical (unpaired) electrons. The molecule has 0 aromatic heterocycles. The summed E-state index contributed by atoms with van der Waals surface area (Å²) in [5.41, 5.74) is -0.262. The molecule has 74 valence electrons. The summed E-state index contributed by atoms with van der Waals surface area (Å²) in [6.07, 6.45) is 4.22. The first kappa shape index (κ1) is 8.97. The molecule has 1 amide bonds. The number of aliphatic hydroxyl groups is 1. The van der Waals surface area contributed by atoms with E-state index in [0.29, 0.717) is 12.6 Å². The molecule has 2 fully saturated rings. The van der Waals surface area contributed by atoms with E-state index >= 15 is 0 Å². The first-order chi connectivity index (χ1) is 6.24. The van der Waals surface area contributed by atoms with Crippen molar-refractivity contribution in [2.24, 2.45) is 0 Å². The van der Waals surface area contributed by atoms with Crippen LogP contribution in [0.3, 0.4) is 0 Å². The van der Waals surface area contributed by atoms with Gasteiger partial charge in [-0.3, -0.25) is 4.79 Å². The van der Waals surface area contributed by atoms with E-state index in [0.717, 1.165) is 12.8 Å². The Bertz CT molecular complexity index is 210. The fourth-order valence-corrected chi connectivity index (χ4v) is 1.34. The first-order valence-electron chi connectivity index (χ1n) is 4.89. The summed E-state index contributed by atoms with van der Waals surface area (Å²) in [5, 5.41) is 14.9. The van der Waals surface area contributed by atoms with Gasteiger partial charge in [-0.2, -0.15) is 0 Å². The summed E-state index contributed by atoms with van der Waals surface area (Å²) < 4.78 is 0. The van der Waals surface area contributed by atoms with Gasteiger partial charge in [0.1, 0.15) is 0 Å². The van der Waals surface area contributed by atoms with Crippen molar-refractivity contribution in [1.29, 1.82) is 0 Å². The molecule has 0 spiro atoms. The fourth-order valence-electron chi connectivity index (χ4n) is 1.34. The van der Waals surface area contributed by atoms with E-state index in [1.54, 1.807) is 0 Å². The van der Waals surface area contributed by atoms with Gasteiger partial charge in [-0.1, -0.05) is 0 Å². The van der Waals surface area contributed by atoms with Crippen LogP contribution in [0.15, 0.2) is 0 Å². The number of hydrogen-bond acceptors (Lipinski definition) is 3. The van der Waals surface area contributed by atoms with Crippen LogP contribution in [-0.4, -0.2) is 35.7 Å². The van der Waals surface area contributed by atoms with Crippen LogP contribution >= 0.6 is 0 Å². The van der Waals surface area contributed by atoms with Crippen LogP contribution in [0, 0.1) is 0 Å². The second-order valence-electron chi connectivity index (χ2n) is 4.14. The monoisotopic (exact) mass is 184 g/mol. The maximum absolute atomic E-state index is 11.3. The highest BCUT2D eigenvalue weighted by Crippen LogP contribution is 2.34. The van der Waals surface area contributed by atoms with Gasteiger partial charge in [-0.25, -0.2) is 0 Å². The van der Waals surface area contributed by atoms with E-state index in [9.17, 15) is 4.79 Å². The highest BCUT2D eigenvalue weighted by molar-refractivity contribution is 5.79. The summed E-state index contributed by atoms with van der Waals surface area (Å²) in [5.74, 6) is 0.0125. The summed E-state index contributed by atoms with van der Waals surface area (Å²) >= 11 is 0. The van der Waals surface area contributed by atoms with Gasteiger partial charge in [-0.05, 0) is 25.7 Å². The van der Waals surface area contributed by atoms with Crippen LogP contribution < -0.4 is 10.6 Å². The highest BCUT2D eigenvalue weighted by Gasteiger charge is 2.43. The topological polar surface area (TPSA) is 61.4 Å². The number of carbonyl (C=O) groups is 1. The molecule has 4 heteroatoms. The Kier molecular flexibility index (Phi) is 2.26. The molecule has 0 atom stereocenters. The molecule has 4 nitrogen and oxygen atoms in total. The number of aliphatic hydroxyl groups excluding tert-OH is 1. The third-order valence-electron chi connectivity index (χ3n) is 2.69. The Morgan fingerprint density at radius 3 is 2.62 bits per heavy atom. The average molecular weight is 184 g/mol. The molecule has 0 bridgehead atoms. The second kappa shape index (κ2) is 3.27. The Hall–Kier alpha value is -0.610. The van der Waals surface area contributed by atoms with E-state index in [4.69, 9.17) is 5.11 Å². The lowest BCUT2D eigenvalue weighted by molar-refractivity contribution is -0.121. The molecule has 0 aromatic rings. The van der Waals surface area contributed by atoms with Crippen molar-refractivity contribution in [1.82, 2.24) is 10.6 Å². The van der Waals surface area contributed by atoms with Crippen molar-refractivity contribution in [3.05, 3.63) is 0 Å². The summed E-state index contributed by atoms with van der Waals surface area (Å²) in [7, 11) is 0. The maximum Gasteiger partial charge on any atom is 0.234 e. The molecule has 13 heavy (non-hydrogen) atoms. The predicted molar refractivity (Wildman–Crippen MR) is 48.2 cm³/mol. The molecule has 0 heterocycles. The van der Waals surface area contributed by atoms with Crippen LogP contribution in [-0.2, 0) is 4.79 Å². The predicted octanol–water partition coefficient (Wildman–Crippen LogP) is -0.621. The molecular weight excluding hydrogens is 168 g/mol. The van der Waals surface area contributed by atoms with Gasteiger partial charge in [0.05, 0.1) is 18.7 Å². The van der Waals surface area contributed by atoms with Crippen LogP contribution in [0.1, 0.15) is 25.7 Å². The molecule has 0 aromatic carbocycles. The number of nitrogens with one attached hydrogen (secondary N) is 2. The molecule has 0 saturated heterocycles. The van der Waals surface area contributed by atoms with E-state index in [-0.39, 0.29) is 18.1 Å². The average Bonchev–Trinajstić information content (AvgIpc) is 2.98. The molecule has 3 N–H and O–H groups in total. The van der Waals surface area contributed by atoms with Gasteiger partial charge in [0.25, 0.3) is 0 Å². The van der Waals surface area contributed by atoms with Crippen molar-refractivity contribution in [2.45, 2.75) is 37.3 Å². The molecule has 2 aliphatic carbocycles. The van der Waals surface area contributed by atoms with Crippen molar-refractivity contribution in [3.63, 3.8) is 0 Å². The number of amides is 1. The Labute approximate surface area is 77.7 Å². The third kappa shape index (κ3) is 2.42. The Morgan fingerprint density at radius 1 is 1.46 bits per heavy atom. The zero-order valence-corrected chi connectivity index (χ0v) is 7.68. The minimum atomic E-state index is -0.262. The van der Waals surface area contributed by atoms with E-state index in [1.165, 1.54) is 12.8 Å². The third-order valence-corrected chi connectivity index (χ3v) is 2.69. The molecule has 0 aliphatic heterocycles. The summed E-state index contributed by atoms with van der Waals surface area (Å²) in [4.78, 5) is 11.3. The van der Waals surface area contributed by atoms with E-state index in [1.807, 2.05) is 0 Å². The van der Waals surface area contributed by atoms with Crippen molar-refractivity contribution in [3.8, 4) is 0 Å². The van der Waals surface area contributed by atoms with Crippen molar-refractivity contribution < 1.29 is 9.90 Å². The molecule has 2 aliphatic rings. The fraction of sp³-hybridized carbons (Fsp3) is 0.889. The van der Waals surface area contributed by atoms with Gasteiger partial charge >= 0.3 is 0 Å². The number of hydrogen-bond donors (Lipinski definition) is 3. The lowest BCUT2D eigenvalue weighted by Gasteiger charge is -2.14. The van der Waals surface area contributed by atoms with Gasteiger partial charge in [-0.15, -0.1) is 0 Å². The minimum absolute atomic E-state index is 0.0125. The summed E-state index contributed by atoms with van der Waals surface area (Å²) in [6, 6.07) is 0.565. The van der Waals surface area contributed by atoms with Crippen LogP contribution in [0.2, 0.25) is 0 Å². The van der Waals surface area contributed by atoms with Gasteiger partial charge in [0.15, 0.2) is 0 Å². The molecular formula is C9H16N2O2. The van der Waals surface area contributed by atoms with Gasteiger partial charge < -0.3 is 15.7 Å². The SMILES string of the molecule is O=C(CNC1CC1)NC1(CO)CC1. The van der Waals surface area contributed by atoms with Gasteiger partial charge in [0, 0.05) is 6.04 Å². The van der Waals surface area contributed by atoms with Crippen molar-refractivity contribution >= 4 is 5.91 Å². The smallest absolute Gasteiger partial charge is 0.234 e. The Balaban J connectivity index is 1.65. The van der Waals surface area contributed by atoms with Crippen molar-refractivity contribution in [2.75, 3.05) is 13.2 Å². The lowest BCUT2D eigenvalue weighted by Crippen LogP contribution is -2.44. The lowest BCUT2D eigenvalue weighted by atomic mass is 10.3. The second-order valence-corrected chi connectivity index (χ2v) is 4.14. The number of carbonyl (C=O) groups excluding carboxylic acids is 1. The zero-order valence-electron chi connectivity index (χ0n) is 7.68. The van der Waals surface area contributed by atoms with Crippen LogP contribution in [0.4, 0.5) is 0 Å². The van der Waals surface area contributed by atoms with E-state index < -0.39 is 0 Å². The molecule has 0 unspecified atom stereocenters. The zero-order chi connectivity index (χ0) is 9.31. The highest BCUT2D eigenvalue weighted by atomic mass is 16.3. The summed E-state index contributed by atoms with van der Waals surface area (Å²) in [6.45, 7) is 0.467. The van der Waals surface area contributed by atoms with Crippen LogP contribution in [0.25, 0.3) is 0 Å². The first-order valence-corrected chi connectivity index (χ1v) is 4.89. The minimum Gasteiger partial charge on any atom is -0.394 e. The van der Waals surface area contributed by atoms with Gasteiger partial charge in [0.2, 0.25) is 5.91 Å². The standard InChI is InChI=1S/C9H16N2O2/c12-6-9(3-4-9)11-8(13)5-10-7-1-2-7/h7,10,12H,1-6H2,(H,11,13). The van der Waals surface area contributed by atoms with E-state index in [2.05, 4.69) is 10.6 Å². The largest absolute Gasteiger partial charge is 0.394 e. The molecule has 2 saturated carbocycles. The number of rotatable bonds is 5. The molecule has 2 rings (SSSR count). The normalized spacial score (nSPS) is 24.1. The maximum atomic E-state index is 11.3.